The van der Waals surface area contributed by atoms with E-state index in [2.05, 4.69) is 24.3 Å². The minimum atomic E-state index is 0. The number of hydrogen-bond donors (Lipinski definition) is 1. The summed E-state index contributed by atoms with van der Waals surface area (Å²) >= 11 is 0. The number of rotatable bonds is 0. The molecule has 0 bridgehead atoms. The Kier molecular flexibility index (Phi) is 1.88. The van der Waals surface area contributed by atoms with E-state index >= 15 is 0 Å². The van der Waals surface area contributed by atoms with Crippen LogP contribution in [0.25, 0.3) is 0 Å². The molecule has 2 fully saturated rings. The van der Waals surface area contributed by atoms with Crippen molar-refractivity contribution in [1.82, 2.24) is 0 Å². The van der Waals surface area contributed by atoms with E-state index in [1.54, 1.807) is 0 Å². The van der Waals surface area contributed by atoms with Crippen molar-refractivity contribution >= 4 is 0 Å². The van der Waals surface area contributed by atoms with E-state index in [-0.39, 0.29) is 1.43 Å². The predicted molar refractivity (Wildman–Crippen MR) is 58.4 cm³/mol. The van der Waals surface area contributed by atoms with Gasteiger partial charge < -0.3 is 5.73 Å². The molecule has 0 aromatic carbocycles. The predicted octanol–water partition coefficient (Wildman–Crippen LogP) is 2.88. The van der Waals surface area contributed by atoms with Gasteiger partial charge >= 0.3 is 0 Å². The highest BCUT2D eigenvalue weighted by atomic mass is 14.8. The van der Waals surface area contributed by atoms with E-state index in [9.17, 15) is 0 Å². The summed E-state index contributed by atoms with van der Waals surface area (Å²) in [5, 5.41) is 0. The molecule has 2 N–H and O–H groups in total. The van der Waals surface area contributed by atoms with Crippen LogP contribution in [0.15, 0.2) is 24.3 Å². The molecule has 2 saturated carbocycles. The molecule has 0 heterocycles. The zero-order valence-electron chi connectivity index (χ0n) is 8.59. The summed E-state index contributed by atoms with van der Waals surface area (Å²) in [7, 11) is 0. The normalized spacial score (nSPS) is 49.0. The van der Waals surface area contributed by atoms with Crippen LogP contribution >= 0.6 is 0 Å². The van der Waals surface area contributed by atoms with Crippen LogP contribution in [0.4, 0.5) is 0 Å². The third-order valence-electron chi connectivity index (χ3n) is 3.69. The van der Waals surface area contributed by atoms with Gasteiger partial charge in [0.15, 0.2) is 0 Å². The highest BCUT2D eigenvalue weighted by molar-refractivity contribution is 5.39. The minimum absolute atomic E-state index is 0. The lowest BCUT2D eigenvalue weighted by Crippen LogP contribution is -2.18. The smallest absolute Gasteiger partial charge is 0.00560 e. The maximum Gasteiger partial charge on any atom is 0.00560 e. The second kappa shape index (κ2) is 2.71. The van der Waals surface area contributed by atoms with E-state index in [1.807, 2.05) is 13.8 Å². The molecule has 0 radical (unpaired) electrons. The number of allylic oxidation sites excluding steroid dienone is 4. The highest BCUT2D eigenvalue weighted by Crippen LogP contribution is 2.75. The fourth-order valence-corrected chi connectivity index (χ4v) is 3.14. The average Bonchev–Trinajstić information content (AvgIpc) is 2.66. The van der Waals surface area contributed by atoms with E-state index < -0.39 is 0 Å². The Hall–Kier alpha value is -0.560. The van der Waals surface area contributed by atoms with Crippen molar-refractivity contribution in [2.45, 2.75) is 39.2 Å². The van der Waals surface area contributed by atoms with Crippen LogP contribution in [0, 0.1) is 10.8 Å². The summed E-state index contributed by atoms with van der Waals surface area (Å²) in [5.74, 6) is 0. The number of nitrogens with two attached hydrogens (primary N) is 1. The van der Waals surface area contributed by atoms with Crippen LogP contribution in [0.3, 0.4) is 0 Å². The molecule has 3 rings (SSSR count). The highest BCUT2D eigenvalue weighted by Gasteiger charge is 2.69. The third kappa shape index (κ3) is 1.03. The van der Waals surface area contributed by atoms with Crippen molar-refractivity contribution in [3.05, 3.63) is 24.3 Å². The molecule has 1 nitrogen and oxygen atoms in total. The average molecular weight is 179 g/mol. The molecule has 0 aromatic rings. The summed E-state index contributed by atoms with van der Waals surface area (Å²) in [5.41, 5.74) is 6.97. The van der Waals surface area contributed by atoms with Gasteiger partial charge in [0.1, 0.15) is 0 Å². The summed E-state index contributed by atoms with van der Waals surface area (Å²) in [6.07, 6.45) is 12.9. The van der Waals surface area contributed by atoms with Crippen LogP contribution in [-0.2, 0) is 0 Å². The molecule has 0 aliphatic heterocycles. The second-order valence-electron chi connectivity index (χ2n) is 4.38. The van der Waals surface area contributed by atoms with Gasteiger partial charge in [-0.1, -0.05) is 38.2 Å². The fourth-order valence-electron chi connectivity index (χ4n) is 3.14. The first-order valence-corrected chi connectivity index (χ1v) is 5.39. The Morgan fingerprint density at radius 1 is 1.15 bits per heavy atom. The Labute approximate surface area is 82.2 Å². The van der Waals surface area contributed by atoms with Gasteiger partial charge in [-0.2, -0.15) is 0 Å². The molecular formula is C12H21N. The first kappa shape index (κ1) is 9.01. The topological polar surface area (TPSA) is 26.0 Å². The van der Waals surface area contributed by atoms with Crippen LogP contribution in [0.1, 0.15) is 34.5 Å². The molecule has 3 aliphatic carbocycles. The van der Waals surface area contributed by atoms with Crippen LogP contribution in [0.2, 0.25) is 0 Å². The van der Waals surface area contributed by atoms with E-state index in [0.29, 0.717) is 16.9 Å². The van der Waals surface area contributed by atoms with Gasteiger partial charge in [-0.3, -0.25) is 0 Å². The van der Waals surface area contributed by atoms with Gasteiger partial charge in [0, 0.05) is 18.3 Å². The summed E-state index contributed by atoms with van der Waals surface area (Å²) in [4.78, 5) is 0. The van der Waals surface area contributed by atoms with Crippen LogP contribution < -0.4 is 5.73 Å². The standard InChI is InChI=1S/C10H13N.C2H6.H2/c11-8-5-9-3-1-2-4-10(9,6-8)7-9;1-2;/h1-4,8H,5-7,11H2;1-2H3;1H. The van der Waals surface area contributed by atoms with Gasteiger partial charge in [0.2, 0.25) is 0 Å². The Morgan fingerprint density at radius 3 is 2.08 bits per heavy atom. The Balaban J connectivity index is 0.000000309. The molecule has 0 spiro atoms. The third-order valence-corrected chi connectivity index (χ3v) is 3.69. The number of hydrogen-bond acceptors (Lipinski definition) is 1. The molecule has 74 valence electrons. The van der Waals surface area contributed by atoms with Gasteiger partial charge in [0.05, 0.1) is 0 Å². The van der Waals surface area contributed by atoms with Crippen molar-refractivity contribution in [2.24, 2.45) is 16.6 Å². The van der Waals surface area contributed by atoms with Crippen molar-refractivity contribution in [2.75, 3.05) is 0 Å². The molecule has 2 unspecified atom stereocenters. The molecule has 0 aromatic heterocycles. The maximum atomic E-state index is 5.94. The first-order chi connectivity index (χ1) is 6.27. The van der Waals surface area contributed by atoms with Gasteiger partial charge in [-0.25, -0.2) is 0 Å². The van der Waals surface area contributed by atoms with Crippen molar-refractivity contribution < 1.29 is 1.43 Å². The first-order valence-electron chi connectivity index (χ1n) is 5.39. The summed E-state index contributed by atoms with van der Waals surface area (Å²) < 4.78 is 0. The summed E-state index contributed by atoms with van der Waals surface area (Å²) in [6.45, 7) is 4.00. The largest absolute Gasteiger partial charge is 0.328 e. The monoisotopic (exact) mass is 179 g/mol. The minimum Gasteiger partial charge on any atom is -0.328 e. The van der Waals surface area contributed by atoms with Crippen molar-refractivity contribution in [3.63, 3.8) is 0 Å². The zero-order valence-corrected chi connectivity index (χ0v) is 8.59. The van der Waals surface area contributed by atoms with Gasteiger partial charge in [-0.15, -0.1) is 0 Å². The molecule has 0 amide bonds. The molecule has 13 heavy (non-hydrogen) atoms. The maximum absolute atomic E-state index is 5.94. The molecule has 1 heteroatoms. The lowest BCUT2D eigenvalue weighted by atomic mass is 9.92. The SMILES string of the molecule is CC.NC1CC23C=CC=CC2(C1)C3.[HH]. The van der Waals surface area contributed by atoms with Gasteiger partial charge in [-0.05, 0) is 19.3 Å². The molecular weight excluding hydrogens is 158 g/mol. The van der Waals surface area contributed by atoms with E-state index in [0.717, 1.165) is 0 Å². The lowest BCUT2D eigenvalue weighted by Gasteiger charge is -2.12. The zero-order chi connectivity index (χ0) is 9.53. The van der Waals surface area contributed by atoms with Crippen LogP contribution in [0.5, 0.6) is 0 Å². The van der Waals surface area contributed by atoms with E-state index in [1.165, 1.54) is 19.3 Å². The fraction of sp³-hybridized carbons (Fsp3) is 0.667. The Bertz CT molecular complexity index is 245. The molecule has 3 aliphatic rings. The van der Waals surface area contributed by atoms with Gasteiger partial charge in [0.25, 0.3) is 0 Å². The molecule has 0 saturated heterocycles. The van der Waals surface area contributed by atoms with Crippen LogP contribution in [-0.4, -0.2) is 6.04 Å². The molecule has 2 atom stereocenters. The lowest BCUT2D eigenvalue weighted by molar-refractivity contribution is 0.552. The van der Waals surface area contributed by atoms with Crippen molar-refractivity contribution in [1.29, 1.82) is 0 Å². The van der Waals surface area contributed by atoms with E-state index in [4.69, 9.17) is 5.73 Å². The Morgan fingerprint density at radius 2 is 1.62 bits per heavy atom. The summed E-state index contributed by atoms with van der Waals surface area (Å²) in [6, 6.07) is 0.455. The van der Waals surface area contributed by atoms with Crippen molar-refractivity contribution in [3.8, 4) is 0 Å². The quantitative estimate of drug-likeness (QED) is 0.608. The second-order valence-corrected chi connectivity index (χ2v) is 4.38.